The molecule has 3 nitrogen and oxygen atoms in total. The fraction of sp³-hybridized carbons (Fsp3) is 0.250. The van der Waals surface area contributed by atoms with Gasteiger partial charge in [-0.1, -0.05) is 0 Å². The number of rotatable bonds is 4. The summed E-state index contributed by atoms with van der Waals surface area (Å²) in [4.78, 5) is 11.5. The molecule has 5 heteroatoms. The van der Waals surface area contributed by atoms with E-state index in [2.05, 4.69) is 11.2 Å². The Bertz CT molecular complexity index is 466. The number of nitrogens with one attached hydrogen (secondary N) is 1. The van der Waals surface area contributed by atoms with Gasteiger partial charge in [0.05, 0.1) is 11.3 Å². The van der Waals surface area contributed by atoms with Crippen molar-refractivity contribution in [1.29, 1.82) is 0 Å². The molecule has 3 N–H and O–H groups in total. The van der Waals surface area contributed by atoms with Crippen LogP contribution in [-0.4, -0.2) is 12.5 Å². The van der Waals surface area contributed by atoms with E-state index in [-0.39, 0.29) is 0 Å². The van der Waals surface area contributed by atoms with Crippen LogP contribution in [-0.2, 0) is 0 Å². The minimum atomic E-state index is -0.916. The first kappa shape index (κ1) is 13.0. The first-order chi connectivity index (χ1) is 8.06. The third kappa shape index (κ3) is 3.45. The molecule has 1 amide bonds. The Morgan fingerprint density at radius 3 is 2.82 bits per heavy atom. The van der Waals surface area contributed by atoms with Gasteiger partial charge in [-0.15, -0.1) is 12.3 Å². The van der Waals surface area contributed by atoms with Gasteiger partial charge in [-0.3, -0.25) is 4.79 Å². The summed E-state index contributed by atoms with van der Waals surface area (Å²) in [5, 5.41) is 2.43. The molecular weight excluding hydrogens is 226 g/mol. The van der Waals surface area contributed by atoms with Gasteiger partial charge in [0.15, 0.2) is 5.82 Å². The van der Waals surface area contributed by atoms with Gasteiger partial charge in [-0.2, -0.15) is 0 Å². The van der Waals surface area contributed by atoms with Gasteiger partial charge in [0, 0.05) is 13.0 Å². The van der Waals surface area contributed by atoms with Gasteiger partial charge in [0.2, 0.25) is 0 Å². The Morgan fingerprint density at radius 1 is 1.47 bits per heavy atom. The highest BCUT2D eigenvalue weighted by molar-refractivity contribution is 5.95. The molecule has 0 aliphatic carbocycles. The fourth-order valence-electron chi connectivity index (χ4n) is 1.26. The summed E-state index contributed by atoms with van der Waals surface area (Å²) in [7, 11) is 0. The number of benzene rings is 1. The minimum Gasteiger partial charge on any atom is -0.396 e. The van der Waals surface area contributed by atoms with Crippen molar-refractivity contribution in [3.63, 3.8) is 0 Å². The number of hydrogen-bond acceptors (Lipinski definition) is 2. The van der Waals surface area contributed by atoms with Crippen molar-refractivity contribution in [2.24, 2.45) is 0 Å². The predicted molar refractivity (Wildman–Crippen MR) is 61.2 cm³/mol. The van der Waals surface area contributed by atoms with Gasteiger partial charge in [0.1, 0.15) is 5.82 Å². The molecule has 0 saturated carbocycles. The molecule has 0 radical (unpaired) electrons. The first-order valence-electron chi connectivity index (χ1n) is 5.02. The molecule has 0 spiro atoms. The fourth-order valence-corrected chi connectivity index (χ4v) is 1.26. The van der Waals surface area contributed by atoms with Crippen molar-refractivity contribution in [3.8, 4) is 12.3 Å². The number of unbranched alkanes of at least 4 members (excludes halogenated alkanes) is 1. The number of amides is 1. The maximum absolute atomic E-state index is 13.4. The SMILES string of the molecule is C#CCCCNC(=O)c1cc(F)cc(N)c1F. The molecule has 0 heterocycles. The van der Waals surface area contributed by atoms with E-state index in [1.807, 2.05) is 0 Å². The quantitative estimate of drug-likeness (QED) is 0.476. The second-order valence-electron chi connectivity index (χ2n) is 3.42. The van der Waals surface area contributed by atoms with E-state index in [1.165, 1.54) is 0 Å². The van der Waals surface area contributed by atoms with E-state index < -0.39 is 28.8 Å². The second kappa shape index (κ2) is 5.85. The zero-order valence-corrected chi connectivity index (χ0v) is 9.09. The van der Waals surface area contributed by atoms with Gasteiger partial charge in [0.25, 0.3) is 5.91 Å². The number of hydrogen-bond donors (Lipinski definition) is 2. The van der Waals surface area contributed by atoms with Crippen molar-refractivity contribution in [1.82, 2.24) is 5.32 Å². The Kier molecular flexibility index (Phi) is 4.46. The number of carbonyl (C=O) groups excluding carboxylic acids is 1. The molecule has 90 valence electrons. The Morgan fingerprint density at radius 2 is 2.18 bits per heavy atom. The maximum Gasteiger partial charge on any atom is 0.254 e. The number of nitrogens with two attached hydrogens (primary N) is 1. The van der Waals surface area contributed by atoms with Crippen LogP contribution in [0.5, 0.6) is 0 Å². The smallest absolute Gasteiger partial charge is 0.254 e. The Hall–Kier alpha value is -2.09. The van der Waals surface area contributed by atoms with E-state index in [0.29, 0.717) is 19.4 Å². The Labute approximate surface area is 98.0 Å². The summed E-state index contributed by atoms with van der Waals surface area (Å²) in [5.41, 5.74) is 4.42. The van der Waals surface area contributed by atoms with Crippen LogP contribution in [0.4, 0.5) is 14.5 Å². The molecule has 1 rings (SSSR count). The van der Waals surface area contributed by atoms with Crippen LogP contribution < -0.4 is 11.1 Å². The molecule has 0 aliphatic rings. The average molecular weight is 238 g/mol. The summed E-state index contributed by atoms with van der Waals surface area (Å²) in [6, 6.07) is 1.63. The van der Waals surface area contributed by atoms with Crippen LogP contribution >= 0.6 is 0 Å². The van der Waals surface area contributed by atoms with Crippen molar-refractivity contribution >= 4 is 11.6 Å². The summed E-state index contributed by atoms with van der Waals surface area (Å²) < 4.78 is 26.4. The van der Waals surface area contributed by atoms with Crippen LogP contribution in [0.25, 0.3) is 0 Å². The van der Waals surface area contributed by atoms with E-state index in [4.69, 9.17) is 12.2 Å². The van der Waals surface area contributed by atoms with Crippen molar-refractivity contribution in [2.45, 2.75) is 12.8 Å². The number of anilines is 1. The summed E-state index contributed by atoms with van der Waals surface area (Å²) in [6.45, 7) is 0.304. The van der Waals surface area contributed by atoms with E-state index >= 15 is 0 Å². The van der Waals surface area contributed by atoms with Gasteiger partial charge in [-0.05, 0) is 18.6 Å². The van der Waals surface area contributed by atoms with Crippen LogP contribution in [0.15, 0.2) is 12.1 Å². The molecule has 0 saturated heterocycles. The normalized spacial score (nSPS) is 9.71. The van der Waals surface area contributed by atoms with Gasteiger partial charge >= 0.3 is 0 Å². The van der Waals surface area contributed by atoms with E-state index in [1.54, 1.807) is 0 Å². The summed E-state index contributed by atoms with van der Waals surface area (Å²) in [6.07, 6.45) is 6.12. The number of nitrogen functional groups attached to an aromatic ring is 1. The third-order valence-electron chi connectivity index (χ3n) is 2.09. The van der Waals surface area contributed by atoms with Crippen molar-refractivity contribution in [3.05, 3.63) is 29.3 Å². The largest absolute Gasteiger partial charge is 0.396 e. The highest BCUT2D eigenvalue weighted by Gasteiger charge is 2.15. The highest BCUT2D eigenvalue weighted by Crippen LogP contribution is 2.17. The zero-order valence-electron chi connectivity index (χ0n) is 9.09. The lowest BCUT2D eigenvalue weighted by Gasteiger charge is -2.07. The molecule has 0 unspecified atom stereocenters. The number of terminal acetylenes is 1. The van der Waals surface area contributed by atoms with E-state index in [0.717, 1.165) is 12.1 Å². The lowest BCUT2D eigenvalue weighted by molar-refractivity contribution is 0.0949. The molecule has 0 aromatic heterocycles. The van der Waals surface area contributed by atoms with E-state index in [9.17, 15) is 13.6 Å². The van der Waals surface area contributed by atoms with Crippen LogP contribution in [0, 0.1) is 24.0 Å². The number of halogens is 2. The molecule has 0 aliphatic heterocycles. The molecule has 0 atom stereocenters. The van der Waals surface area contributed by atoms with Gasteiger partial charge in [-0.25, -0.2) is 8.78 Å². The van der Waals surface area contributed by atoms with Crippen molar-refractivity contribution < 1.29 is 13.6 Å². The predicted octanol–water partition coefficient (Wildman–Crippen LogP) is 1.69. The topological polar surface area (TPSA) is 55.1 Å². The highest BCUT2D eigenvalue weighted by atomic mass is 19.1. The Balaban J connectivity index is 2.73. The summed E-state index contributed by atoms with van der Waals surface area (Å²) >= 11 is 0. The third-order valence-corrected chi connectivity index (χ3v) is 2.09. The van der Waals surface area contributed by atoms with Crippen LogP contribution in [0.1, 0.15) is 23.2 Å². The average Bonchev–Trinajstić information content (AvgIpc) is 2.29. The second-order valence-corrected chi connectivity index (χ2v) is 3.42. The van der Waals surface area contributed by atoms with Crippen LogP contribution in [0.2, 0.25) is 0 Å². The lowest BCUT2D eigenvalue weighted by atomic mass is 10.1. The monoisotopic (exact) mass is 238 g/mol. The van der Waals surface area contributed by atoms with Crippen LogP contribution in [0.3, 0.4) is 0 Å². The molecule has 1 aromatic rings. The lowest BCUT2D eigenvalue weighted by Crippen LogP contribution is -2.25. The molecule has 17 heavy (non-hydrogen) atoms. The molecular formula is C12H12F2N2O. The molecule has 1 aromatic carbocycles. The molecule has 0 bridgehead atoms. The standard InChI is InChI=1S/C12H12F2N2O/c1-2-3-4-5-16-12(17)9-6-8(13)7-10(15)11(9)14/h1,6-7H,3-5,15H2,(H,16,17). The van der Waals surface area contributed by atoms with Crippen molar-refractivity contribution in [2.75, 3.05) is 12.3 Å². The maximum atomic E-state index is 13.4. The number of carbonyl (C=O) groups is 1. The van der Waals surface area contributed by atoms with Gasteiger partial charge < -0.3 is 11.1 Å². The summed E-state index contributed by atoms with van der Waals surface area (Å²) in [5.74, 6) is 0.0344. The molecule has 0 fully saturated rings. The zero-order chi connectivity index (χ0) is 12.8. The minimum absolute atomic E-state index is 0.304. The first-order valence-corrected chi connectivity index (χ1v) is 5.02.